The number of nitrogens with zero attached hydrogens (tertiary/aromatic N) is 5. The van der Waals surface area contributed by atoms with E-state index in [4.69, 9.17) is 23.9 Å². The van der Waals surface area contributed by atoms with Crippen LogP contribution in [0.25, 0.3) is 11.0 Å². The molecule has 3 aromatic carbocycles. The minimum Gasteiger partial charge on any atom is -0.489 e. The molecule has 5 aromatic rings. The molecule has 3 atom stereocenters. The molecule has 3 N–H and O–H groups in total. The summed E-state index contributed by atoms with van der Waals surface area (Å²) in [5, 5.41) is 16.6. The molecule has 4 aliphatic heterocycles. The summed E-state index contributed by atoms with van der Waals surface area (Å²) in [6.07, 6.45) is 11.9. The zero-order valence-corrected chi connectivity index (χ0v) is 47.5. The molecule has 2 amide bonds. The summed E-state index contributed by atoms with van der Waals surface area (Å²) in [6.45, 7) is 18.0. The van der Waals surface area contributed by atoms with E-state index in [1.807, 2.05) is 26.8 Å². The fourth-order valence-electron chi connectivity index (χ4n) is 13.3. The van der Waals surface area contributed by atoms with Crippen molar-refractivity contribution in [2.45, 2.75) is 160 Å². The number of H-pyrrole nitrogens is 1. The van der Waals surface area contributed by atoms with Crippen molar-refractivity contribution in [3.8, 4) is 23.1 Å². The number of aromatic amines is 1. The van der Waals surface area contributed by atoms with Crippen LogP contribution >= 0.6 is 0 Å². The van der Waals surface area contributed by atoms with Crippen LogP contribution in [0.15, 0.2) is 77.8 Å². The minimum absolute atomic E-state index is 0.0211. The lowest BCUT2D eigenvalue weighted by atomic mass is 9.59. The van der Waals surface area contributed by atoms with Gasteiger partial charge in [0.25, 0.3) is 27.5 Å². The van der Waals surface area contributed by atoms with Gasteiger partial charge in [-0.25, -0.2) is 17.9 Å². The highest BCUT2D eigenvalue weighted by Gasteiger charge is 2.50. The summed E-state index contributed by atoms with van der Waals surface area (Å²) in [5.41, 5.74) is 3.57. The van der Waals surface area contributed by atoms with Crippen LogP contribution in [0.3, 0.4) is 0 Å². The van der Waals surface area contributed by atoms with Crippen molar-refractivity contribution < 1.29 is 41.9 Å². The predicted molar refractivity (Wildman–Crippen MR) is 302 cm³/mol. The summed E-state index contributed by atoms with van der Waals surface area (Å²) in [4.78, 5) is 53.7. The third-order valence-corrected chi connectivity index (χ3v) is 19.0. The van der Waals surface area contributed by atoms with Crippen molar-refractivity contribution in [1.29, 1.82) is 0 Å². The van der Waals surface area contributed by atoms with Gasteiger partial charge in [-0.1, -0.05) is 52.0 Å². The number of nitro groups is 1. The molecular formula is C60H76N8O10S. The van der Waals surface area contributed by atoms with E-state index in [0.717, 1.165) is 82.8 Å². The summed E-state index contributed by atoms with van der Waals surface area (Å²) >= 11 is 0. The van der Waals surface area contributed by atoms with Crippen LogP contribution < -0.4 is 29.1 Å². The second-order valence-electron chi connectivity index (χ2n) is 25.2. The van der Waals surface area contributed by atoms with Crippen molar-refractivity contribution >= 4 is 50.1 Å². The first-order chi connectivity index (χ1) is 37.6. The first-order valence-electron chi connectivity index (χ1n) is 28.4. The van der Waals surface area contributed by atoms with Crippen LogP contribution in [0.2, 0.25) is 0 Å². The highest BCUT2D eigenvalue weighted by Crippen LogP contribution is 2.55. The number of anilines is 2. The van der Waals surface area contributed by atoms with Gasteiger partial charge in [-0.2, -0.15) is 4.98 Å². The first-order valence-corrected chi connectivity index (χ1v) is 29.9. The molecule has 79 heavy (non-hydrogen) atoms. The average Bonchev–Trinajstić information content (AvgIpc) is 4.25. The topological polar surface area (TPSA) is 211 Å². The second kappa shape index (κ2) is 21.1. The van der Waals surface area contributed by atoms with Crippen LogP contribution in [0.5, 0.6) is 23.1 Å². The molecule has 2 saturated carbocycles. The molecule has 0 radical (unpaired) electrons. The molecule has 2 aromatic heterocycles. The van der Waals surface area contributed by atoms with Gasteiger partial charge >= 0.3 is 6.09 Å². The molecule has 3 saturated heterocycles. The van der Waals surface area contributed by atoms with Gasteiger partial charge in [0.15, 0.2) is 17.2 Å². The van der Waals surface area contributed by atoms with E-state index in [9.17, 15) is 28.1 Å². The number of ether oxygens (including phenoxy) is 4. The number of sulfonamides is 1. The lowest BCUT2D eigenvalue weighted by Gasteiger charge is -2.56. The zero-order chi connectivity index (χ0) is 55.6. The highest BCUT2D eigenvalue weighted by molar-refractivity contribution is 7.90. The van der Waals surface area contributed by atoms with E-state index in [2.05, 4.69) is 76.8 Å². The number of hydrogen-bond acceptors (Lipinski definition) is 14. The molecule has 6 heterocycles. The number of rotatable bonds is 13. The molecule has 0 bridgehead atoms. The largest absolute Gasteiger partial charge is 0.489 e. The molecule has 6 aliphatic rings. The Morgan fingerprint density at radius 3 is 2.42 bits per heavy atom. The van der Waals surface area contributed by atoms with E-state index in [0.29, 0.717) is 42.0 Å². The van der Waals surface area contributed by atoms with Gasteiger partial charge in [-0.15, -0.1) is 0 Å². The number of benzene rings is 3. The Bertz CT molecular complexity index is 3240. The Hall–Kier alpha value is -6.60. The van der Waals surface area contributed by atoms with E-state index in [1.54, 1.807) is 35.4 Å². The number of hydrogen-bond donors (Lipinski definition) is 3. The van der Waals surface area contributed by atoms with Crippen LogP contribution in [-0.2, 0) is 14.8 Å². The van der Waals surface area contributed by atoms with Crippen LogP contribution in [0, 0.1) is 26.9 Å². The normalized spacial score (nSPS) is 22.5. The molecule has 5 fully saturated rings. The summed E-state index contributed by atoms with van der Waals surface area (Å²) < 4.78 is 55.9. The maximum absolute atomic E-state index is 14.6. The SMILES string of the molecule is CC(C)c1ccccc1[C@@H]1CCCN1C1CC2(CCN(c3ccc(C(=O)NS(=O)(=O)c4cc5c(c([N+](=O)[O-])c4)N[C@@H](C4CCC(C)(C)CC4)CO5)c(Oc4cc5cc[nH]c5nc4O[C@H]4CCN(C(=O)OC(C)(C)C)C4)c3)CC2)C1. The zero-order valence-electron chi connectivity index (χ0n) is 46.6. The number of nitro benzene ring substituents is 1. The van der Waals surface area contributed by atoms with Gasteiger partial charge < -0.3 is 39.0 Å². The smallest absolute Gasteiger partial charge is 0.410 e. The van der Waals surface area contributed by atoms with Crippen molar-refractivity contribution in [2.75, 3.05) is 49.5 Å². The third kappa shape index (κ3) is 11.4. The number of amides is 2. The Morgan fingerprint density at radius 2 is 1.68 bits per heavy atom. The molecule has 422 valence electrons. The quantitative estimate of drug-likeness (QED) is 0.0740. The fraction of sp³-hybridized carbons (Fsp3) is 0.550. The molecule has 18 nitrogen and oxygen atoms in total. The molecular weight excluding hydrogens is 1020 g/mol. The van der Waals surface area contributed by atoms with E-state index in [1.165, 1.54) is 30.0 Å². The Labute approximate surface area is 463 Å². The Morgan fingerprint density at radius 1 is 0.924 bits per heavy atom. The van der Waals surface area contributed by atoms with Crippen LogP contribution in [0.4, 0.5) is 21.9 Å². The van der Waals surface area contributed by atoms with Gasteiger partial charge in [0, 0.05) is 73.6 Å². The first kappa shape index (κ1) is 54.4. The predicted octanol–water partition coefficient (Wildman–Crippen LogP) is 11.9. The second-order valence-corrected chi connectivity index (χ2v) is 26.9. The third-order valence-electron chi connectivity index (χ3n) is 17.7. The lowest BCUT2D eigenvalue weighted by Crippen LogP contribution is -2.54. The number of piperidine rings is 1. The fourth-order valence-corrected chi connectivity index (χ4v) is 14.3. The highest BCUT2D eigenvalue weighted by atomic mass is 32.2. The monoisotopic (exact) mass is 1100 g/mol. The molecule has 0 unspecified atom stereocenters. The van der Waals surface area contributed by atoms with Gasteiger partial charge in [0.05, 0.1) is 28.0 Å². The standard InChI is InChI=1S/C60H76N8O10S/c1-37(2)44-11-8-9-12-45(44)48-13-10-25-67(48)41-33-60(34-41)22-27-65(28-23-60)40-14-15-46(50(30-40)77-52-29-39-18-24-61-54(39)63-56(52)76-42-19-26-66(35-42)57(70)78-58(3,4)5)55(69)64-79(73,74)43-31-49(68(71)72)53-51(32-43)75-36-47(62-53)38-16-20-59(6,7)21-17-38/h8-9,11-12,14-15,18,24,29-32,37-38,41-42,47-48,62H,10,13,16-17,19-23,25-28,33-36H2,1-7H3,(H,61,63)(H,64,69)/t42-,47+,48-/m0/s1. The van der Waals surface area contributed by atoms with Crippen LogP contribution in [0.1, 0.15) is 153 Å². The van der Waals surface area contributed by atoms with E-state index < -0.39 is 49.2 Å². The van der Waals surface area contributed by atoms with Crippen LogP contribution in [-0.4, -0.2) is 108 Å². The van der Waals surface area contributed by atoms with Gasteiger partial charge in [0.2, 0.25) is 0 Å². The number of likely N-dealkylation sites (tertiary alicyclic amines) is 2. The minimum atomic E-state index is -4.74. The molecule has 2 aliphatic carbocycles. The Balaban J connectivity index is 0.852. The number of carbonyl (C=O) groups is 2. The van der Waals surface area contributed by atoms with E-state index in [-0.39, 0.29) is 70.3 Å². The lowest BCUT2D eigenvalue weighted by molar-refractivity contribution is -0.384. The maximum atomic E-state index is 14.6. The van der Waals surface area contributed by atoms with Crippen molar-refractivity contribution in [1.82, 2.24) is 24.5 Å². The average molecular weight is 1100 g/mol. The molecule has 11 rings (SSSR count). The van der Waals surface area contributed by atoms with Gasteiger partial charge in [-0.05, 0) is 150 Å². The number of nitrogens with one attached hydrogen (secondary N) is 3. The maximum Gasteiger partial charge on any atom is 0.410 e. The van der Waals surface area contributed by atoms with Gasteiger partial charge in [0.1, 0.15) is 29.7 Å². The summed E-state index contributed by atoms with van der Waals surface area (Å²) in [6, 6.07) is 20.6. The van der Waals surface area contributed by atoms with Crippen molar-refractivity contribution in [3.05, 3.63) is 99.7 Å². The number of aromatic nitrogens is 2. The summed E-state index contributed by atoms with van der Waals surface area (Å²) in [5.74, 6) is 0.0194. The molecule has 1 spiro atoms. The number of pyridine rings is 1. The number of fused-ring (bicyclic) bond motifs is 2. The van der Waals surface area contributed by atoms with Crippen molar-refractivity contribution in [2.24, 2.45) is 16.7 Å². The van der Waals surface area contributed by atoms with Gasteiger partial charge in [-0.3, -0.25) is 19.8 Å². The van der Waals surface area contributed by atoms with E-state index >= 15 is 0 Å². The molecule has 19 heteroatoms. The van der Waals surface area contributed by atoms with Crippen molar-refractivity contribution in [3.63, 3.8) is 0 Å². The summed E-state index contributed by atoms with van der Waals surface area (Å²) in [7, 11) is -4.74. The Kier molecular flexibility index (Phi) is 14.5. The number of carbonyl (C=O) groups excluding carboxylic acids is 2.